The van der Waals surface area contributed by atoms with Crippen LogP contribution in [-0.4, -0.2) is 56.0 Å². The van der Waals surface area contributed by atoms with Gasteiger partial charge >= 0.3 is 18.3 Å². The number of aromatic nitrogens is 4. The van der Waals surface area contributed by atoms with E-state index in [9.17, 15) is 31.1 Å². The van der Waals surface area contributed by atoms with Crippen molar-refractivity contribution >= 4 is 22.9 Å². The maximum Gasteiger partial charge on any atom is 0.490 e. The molecule has 0 unspecified atom stereocenters. The SMILES string of the molecule is Cn1nccc1C(=O)NCCNCc1cccc(-c2ccc(-c3nc4ccc(C(F)(F)F)cc4[nH]3)cc2)c1.O=C(O)C(F)(F)F. The van der Waals surface area contributed by atoms with Gasteiger partial charge in [0.1, 0.15) is 11.5 Å². The highest BCUT2D eigenvalue weighted by molar-refractivity contribution is 5.92. The van der Waals surface area contributed by atoms with Crippen LogP contribution in [0.3, 0.4) is 0 Å². The smallest absolute Gasteiger partial charge is 0.475 e. The minimum absolute atomic E-state index is 0.161. The lowest BCUT2D eigenvalue weighted by Gasteiger charge is -2.09. The van der Waals surface area contributed by atoms with E-state index in [4.69, 9.17) is 9.90 Å². The first-order valence-electron chi connectivity index (χ1n) is 13.3. The monoisotopic (exact) mass is 632 g/mol. The summed E-state index contributed by atoms with van der Waals surface area (Å²) in [6.45, 7) is 1.75. The molecule has 5 rings (SSSR count). The number of carbonyl (C=O) groups is 2. The van der Waals surface area contributed by atoms with Crippen molar-refractivity contribution in [2.24, 2.45) is 7.05 Å². The lowest BCUT2D eigenvalue weighted by molar-refractivity contribution is -0.192. The Labute approximate surface area is 251 Å². The van der Waals surface area contributed by atoms with E-state index in [1.165, 1.54) is 10.7 Å². The molecular formula is C30H26F6N6O3. The van der Waals surface area contributed by atoms with Crippen molar-refractivity contribution in [2.45, 2.75) is 18.9 Å². The summed E-state index contributed by atoms with van der Waals surface area (Å²) in [6.07, 6.45) is -7.90. The molecule has 0 saturated carbocycles. The summed E-state index contributed by atoms with van der Waals surface area (Å²) in [5.74, 6) is -2.40. The van der Waals surface area contributed by atoms with Crippen molar-refractivity contribution in [3.05, 3.63) is 95.8 Å². The number of benzene rings is 3. The van der Waals surface area contributed by atoms with Crippen LogP contribution >= 0.6 is 0 Å². The van der Waals surface area contributed by atoms with E-state index < -0.39 is 23.9 Å². The minimum atomic E-state index is -5.08. The van der Waals surface area contributed by atoms with Crippen LogP contribution in [0.4, 0.5) is 26.3 Å². The first kappa shape index (κ1) is 32.7. The molecule has 0 bridgehead atoms. The van der Waals surface area contributed by atoms with Gasteiger partial charge in [-0.3, -0.25) is 9.48 Å². The molecule has 1 amide bonds. The van der Waals surface area contributed by atoms with Gasteiger partial charge in [0.15, 0.2) is 0 Å². The molecule has 15 heteroatoms. The molecular weight excluding hydrogens is 606 g/mol. The van der Waals surface area contributed by atoms with Crippen molar-refractivity contribution in [1.82, 2.24) is 30.4 Å². The Hall–Kier alpha value is -5.18. The summed E-state index contributed by atoms with van der Waals surface area (Å²) in [4.78, 5) is 28.5. The molecule has 0 radical (unpaired) electrons. The molecule has 0 saturated heterocycles. The first-order valence-corrected chi connectivity index (χ1v) is 13.3. The largest absolute Gasteiger partial charge is 0.490 e. The molecule has 2 heterocycles. The second-order valence-corrected chi connectivity index (χ2v) is 9.67. The predicted octanol–water partition coefficient (Wildman–Crippen LogP) is 5.80. The van der Waals surface area contributed by atoms with Crippen molar-refractivity contribution in [3.63, 3.8) is 0 Å². The Kier molecular flexibility index (Phi) is 9.91. The van der Waals surface area contributed by atoms with Gasteiger partial charge in [-0.05, 0) is 47.0 Å². The molecule has 236 valence electrons. The van der Waals surface area contributed by atoms with Gasteiger partial charge < -0.3 is 20.7 Å². The standard InChI is InChI=1S/C28H25F3N6O.C2HF3O2/c1-37-25(11-12-34-37)27(38)33-14-13-32-17-18-3-2-4-21(15-18)19-5-7-20(8-6-19)26-35-23-10-9-22(28(29,30)31)16-24(23)36-26;3-2(4,5)1(6)7/h2-12,15-16,32H,13-14,17H2,1H3,(H,33,38)(H,35,36);(H,6,7). The molecule has 0 fully saturated rings. The number of aliphatic carboxylic acids is 1. The highest BCUT2D eigenvalue weighted by Crippen LogP contribution is 2.32. The van der Waals surface area contributed by atoms with Crippen LogP contribution in [0.5, 0.6) is 0 Å². The van der Waals surface area contributed by atoms with E-state index in [1.54, 1.807) is 19.3 Å². The number of imidazole rings is 1. The quantitative estimate of drug-likeness (QED) is 0.127. The second-order valence-electron chi connectivity index (χ2n) is 9.67. The summed E-state index contributed by atoms with van der Waals surface area (Å²) in [5.41, 5.74) is 4.56. The molecule has 0 aliphatic rings. The van der Waals surface area contributed by atoms with E-state index in [1.807, 2.05) is 42.5 Å². The zero-order valence-corrected chi connectivity index (χ0v) is 23.5. The lowest BCUT2D eigenvalue weighted by atomic mass is 10.0. The van der Waals surface area contributed by atoms with Gasteiger partial charge in [-0.15, -0.1) is 0 Å². The summed E-state index contributed by atoms with van der Waals surface area (Å²) in [6, 6.07) is 21.0. The maximum absolute atomic E-state index is 13.0. The number of hydrogen-bond donors (Lipinski definition) is 4. The van der Waals surface area contributed by atoms with Crippen LogP contribution < -0.4 is 10.6 Å². The number of alkyl halides is 6. The topological polar surface area (TPSA) is 125 Å². The summed E-state index contributed by atoms with van der Waals surface area (Å²) >= 11 is 0. The van der Waals surface area contributed by atoms with Crippen LogP contribution in [0.25, 0.3) is 33.5 Å². The van der Waals surface area contributed by atoms with Gasteiger partial charge in [-0.1, -0.05) is 42.5 Å². The van der Waals surface area contributed by atoms with Crippen LogP contribution in [0.1, 0.15) is 21.6 Å². The molecule has 2 aromatic heterocycles. The number of hydrogen-bond acceptors (Lipinski definition) is 5. The number of carboxylic acid groups (broad SMARTS) is 1. The Morgan fingerprint density at radius 3 is 2.20 bits per heavy atom. The van der Waals surface area contributed by atoms with Crippen molar-refractivity contribution in [1.29, 1.82) is 0 Å². The van der Waals surface area contributed by atoms with E-state index in [0.29, 0.717) is 42.2 Å². The number of fused-ring (bicyclic) bond motifs is 1. The Bertz CT molecular complexity index is 1780. The third kappa shape index (κ3) is 8.69. The van der Waals surface area contributed by atoms with Crippen molar-refractivity contribution < 1.29 is 41.0 Å². The van der Waals surface area contributed by atoms with Crippen LogP contribution in [0.15, 0.2) is 79.0 Å². The zero-order valence-electron chi connectivity index (χ0n) is 23.5. The fourth-order valence-corrected chi connectivity index (χ4v) is 4.19. The van der Waals surface area contributed by atoms with Gasteiger partial charge in [0.25, 0.3) is 5.91 Å². The summed E-state index contributed by atoms with van der Waals surface area (Å²) < 4.78 is 72.3. The molecule has 45 heavy (non-hydrogen) atoms. The number of aryl methyl sites for hydroxylation is 1. The van der Waals surface area contributed by atoms with Gasteiger partial charge in [-0.2, -0.15) is 31.4 Å². The number of rotatable bonds is 8. The fraction of sp³-hybridized carbons (Fsp3) is 0.200. The van der Waals surface area contributed by atoms with Gasteiger partial charge in [0, 0.05) is 38.4 Å². The van der Waals surface area contributed by atoms with Crippen molar-refractivity contribution in [2.75, 3.05) is 13.1 Å². The molecule has 0 spiro atoms. The van der Waals surface area contributed by atoms with E-state index in [0.717, 1.165) is 34.4 Å². The molecule has 0 aliphatic heterocycles. The van der Waals surface area contributed by atoms with Crippen LogP contribution in [0, 0.1) is 0 Å². The van der Waals surface area contributed by atoms with E-state index in [2.05, 4.69) is 31.8 Å². The molecule has 0 aliphatic carbocycles. The molecule has 3 aromatic carbocycles. The average molecular weight is 633 g/mol. The Morgan fingerprint density at radius 1 is 0.889 bits per heavy atom. The number of halogens is 6. The average Bonchev–Trinajstić information content (AvgIpc) is 3.62. The highest BCUT2D eigenvalue weighted by Gasteiger charge is 2.38. The number of amides is 1. The number of nitrogens with zero attached hydrogens (tertiary/aromatic N) is 3. The Morgan fingerprint density at radius 2 is 1.58 bits per heavy atom. The van der Waals surface area contributed by atoms with Crippen molar-refractivity contribution in [3.8, 4) is 22.5 Å². The van der Waals surface area contributed by atoms with Crippen LogP contribution in [0.2, 0.25) is 0 Å². The molecule has 0 atom stereocenters. The predicted molar refractivity (Wildman–Crippen MR) is 153 cm³/mol. The molecule has 9 nitrogen and oxygen atoms in total. The normalized spacial score (nSPS) is 11.6. The third-order valence-electron chi connectivity index (χ3n) is 6.44. The second kappa shape index (κ2) is 13.6. The number of H-pyrrole nitrogens is 1. The molecule has 5 aromatic rings. The van der Waals surface area contributed by atoms with Crippen LogP contribution in [-0.2, 0) is 24.6 Å². The van der Waals surface area contributed by atoms with E-state index in [-0.39, 0.29) is 5.91 Å². The third-order valence-corrected chi connectivity index (χ3v) is 6.44. The zero-order chi connectivity index (χ0) is 32.8. The lowest BCUT2D eigenvalue weighted by Crippen LogP contribution is -2.32. The van der Waals surface area contributed by atoms with Gasteiger partial charge in [0.2, 0.25) is 0 Å². The number of carbonyl (C=O) groups excluding carboxylic acids is 1. The van der Waals surface area contributed by atoms with Gasteiger partial charge in [0.05, 0.1) is 16.6 Å². The number of carboxylic acids is 1. The summed E-state index contributed by atoms with van der Waals surface area (Å²) in [7, 11) is 1.72. The van der Waals surface area contributed by atoms with Gasteiger partial charge in [-0.25, -0.2) is 9.78 Å². The number of aromatic amines is 1. The summed E-state index contributed by atoms with van der Waals surface area (Å²) in [5, 5.41) is 17.3. The molecule has 4 N–H and O–H groups in total. The number of nitrogens with one attached hydrogen (secondary N) is 3. The Balaban J connectivity index is 0.000000591. The minimum Gasteiger partial charge on any atom is -0.475 e. The first-order chi connectivity index (χ1) is 21.2. The fourth-order valence-electron chi connectivity index (χ4n) is 4.19. The highest BCUT2D eigenvalue weighted by atomic mass is 19.4. The van der Waals surface area contributed by atoms with E-state index >= 15 is 0 Å². The maximum atomic E-state index is 13.0.